The molecule has 1 aromatic heterocycles. The molecule has 0 unspecified atom stereocenters. The minimum Gasteiger partial charge on any atom is -0.497 e. The fourth-order valence-corrected chi connectivity index (χ4v) is 1.73. The van der Waals surface area contributed by atoms with E-state index in [1.54, 1.807) is 25.3 Å². The molecule has 7 heteroatoms. The molecule has 2 aromatic rings. The van der Waals surface area contributed by atoms with Crippen molar-refractivity contribution < 1.29 is 14.3 Å². The van der Waals surface area contributed by atoms with Crippen molar-refractivity contribution in [2.75, 3.05) is 39.6 Å². The molecule has 2 rings (SSSR count). The van der Waals surface area contributed by atoms with Gasteiger partial charge in [-0.05, 0) is 20.2 Å². The van der Waals surface area contributed by atoms with Crippen LogP contribution in [-0.2, 0) is 0 Å². The first kappa shape index (κ1) is 13.3. The molecule has 102 valence electrons. The molecule has 0 spiro atoms. The Morgan fingerprint density at radius 2 is 2.26 bits per heavy atom. The molecule has 0 amide bonds. The van der Waals surface area contributed by atoms with Crippen LogP contribution in [0.4, 0.5) is 5.95 Å². The van der Waals surface area contributed by atoms with Crippen LogP contribution in [0, 0.1) is 4.91 Å². The first-order chi connectivity index (χ1) is 9.10. The van der Waals surface area contributed by atoms with Crippen LogP contribution in [0.2, 0.25) is 0 Å². The van der Waals surface area contributed by atoms with Crippen LogP contribution in [0.25, 0.3) is 11.0 Å². The topological polar surface area (TPSA) is 77.4 Å². The number of H-pyrrole nitrogens is 2. The summed E-state index contributed by atoms with van der Waals surface area (Å²) < 4.78 is 5.87. The number of aromatic amines is 2. The van der Waals surface area contributed by atoms with Crippen LogP contribution in [0.15, 0.2) is 18.2 Å². The Balaban J connectivity index is 2.28. The molecular weight excluding hydrogens is 246 g/mol. The highest BCUT2D eigenvalue weighted by molar-refractivity contribution is 5.69. The highest BCUT2D eigenvalue weighted by Crippen LogP contribution is 2.14. The minimum atomic E-state index is 0.527. The maximum absolute atomic E-state index is 11.8. The molecular formula is C12H19N5O2+2. The van der Waals surface area contributed by atoms with Crippen LogP contribution >= 0.6 is 0 Å². The molecule has 0 aliphatic carbocycles. The monoisotopic (exact) mass is 265 g/mol. The van der Waals surface area contributed by atoms with Gasteiger partial charge in [0.05, 0.1) is 18.6 Å². The Labute approximate surface area is 110 Å². The summed E-state index contributed by atoms with van der Waals surface area (Å²) in [7, 11) is 5.58. The van der Waals surface area contributed by atoms with E-state index in [-0.39, 0.29) is 0 Å². The van der Waals surface area contributed by atoms with Gasteiger partial charge in [-0.3, -0.25) is 5.32 Å². The van der Waals surface area contributed by atoms with Crippen LogP contribution in [0.5, 0.6) is 5.75 Å². The quantitative estimate of drug-likeness (QED) is 0.739. The van der Waals surface area contributed by atoms with Crippen molar-refractivity contribution in [1.82, 2.24) is 10.00 Å². The maximum Gasteiger partial charge on any atom is 0.410 e. The Morgan fingerprint density at radius 1 is 1.47 bits per heavy atom. The van der Waals surface area contributed by atoms with Gasteiger partial charge in [-0.1, -0.05) is 0 Å². The van der Waals surface area contributed by atoms with Crippen LogP contribution in [0.1, 0.15) is 0 Å². The number of hydrogen-bond donors (Lipinski definition) is 2. The summed E-state index contributed by atoms with van der Waals surface area (Å²) in [6.45, 7) is 1.60. The Kier molecular flexibility index (Phi) is 3.96. The molecule has 0 saturated heterocycles. The van der Waals surface area contributed by atoms with Gasteiger partial charge in [0.25, 0.3) is 0 Å². The van der Waals surface area contributed by atoms with Crippen LogP contribution in [-0.4, -0.2) is 44.3 Å². The fraction of sp³-hybridized carbons (Fsp3) is 0.417. The van der Waals surface area contributed by atoms with Gasteiger partial charge >= 0.3 is 11.5 Å². The second kappa shape index (κ2) is 5.66. The number of hydrogen-bond acceptors (Lipinski definition) is 4. The number of anilines is 1. The molecule has 0 fully saturated rings. The van der Waals surface area contributed by atoms with E-state index in [1.807, 2.05) is 14.1 Å². The second-order valence-electron chi connectivity index (χ2n) is 4.52. The molecule has 1 aromatic carbocycles. The summed E-state index contributed by atoms with van der Waals surface area (Å²) >= 11 is 0. The molecule has 0 radical (unpaired) electrons. The molecule has 1 heterocycles. The van der Waals surface area contributed by atoms with E-state index >= 15 is 0 Å². The number of methoxy groups -OCH3 is 1. The van der Waals surface area contributed by atoms with E-state index < -0.39 is 0 Å². The highest BCUT2D eigenvalue weighted by atomic mass is 16.5. The van der Waals surface area contributed by atoms with Crippen molar-refractivity contribution in [3.05, 3.63) is 23.1 Å². The standard InChI is InChI=1S/C12H18N5O2/c1-16(2)7-6-13-12-14-10-8-9(19-3)4-5-11(10)17(18)15-12/h4-5,8H,6-7H2,1-3H3,(H2,13,14,15,18)/q+1/p+1. The molecule has 0 aliphatic rings. The maximum atomic E-state index is 11.8. The van der Waals surface area contributed by atoms with Crippen molar-refractivity contribution in [1.29, 1.82) is 0 Å². The van der Waals surface area contributed by atoms with Crippen molar-refractivity contribution in [3.8, 4) is 5.75 Å². The number of likely N-dealkylation sites (N-methyl/N-ethyl adjacent to an activating group) is 1. The van der Waals surface area contributed by atoms with E-state index in [0.29, 0.717) is 22.7 Å². The number of nitrogens with one attached hydrogen (secondary N) is 3. The van der Waals surface area contributed by atoms with Gasteiger partial charge in [0.2, 0.25) is 4.54 Å². The van der Waals surface area contributed by atoms with Gasteiger partial charge in [-0.2, -0.15) is 0 Å². The lowest BCUT2D eigenvalue weighted by atomic mass is 10.3. The third-order valence-electron chi connectivity index (χ3n) is 2.76. The summed E-state index contributed by atoms with van der Waals surface area (Å²) in [6, 6.07) is 5.24. The van der Waals surface area contributed by atoms with Crippen LogP contribution < -0.4 is 19.6 Å². The lowest BCUT2D eigenvalue weighted by molar-refractivity contribution is -0.552. The number of ether oxygens (including phenoxy) is 1. The molecule has 19 heavy (non-hydrogen) atoms. The zero-order chi connectivity index (χ0) is 13.8. The normalized spacial score (nSPS) is 10.9. The van der Waals surface area contributed by atoms with E-state index in [4.69, 9.17) is 4.74 Å². The third-order valence-corrected chi connectivity index (χ3v) is 2.76. The molecule has 3 N–H and O–H groups in total. The van der Waals surface area contributed by atoms with Gasteiger partial charge < -0.3 is 9.64 Å². The Morgan fingerprint density at radius 3 is 2.95 bits per heavy atom. The zero-order valence-corrected chi connectivity index (χ0v) is 11.4. The van der Waals surface area contributed by atoms with Crippen molar-refractivity contribution >= 4 is 17.0 Å². The van der Waals surface area contributed by atoms with Gasteiger partial charge in [0, 0.05) is 23.8 Å². The van der Waals surface area contributed by atoms with Crippen molar-refractivity contribution in [2.24, 2.45) is 0 Å². The summed E-state index contributed by atoms with van der Waals surface area (Å²) in [5.41, 5.74) is 1.24. The average molecular weight is 265 g/mol. The number of benzene rings is 1. The predicted octanol–water partition coefficient (Wildman–Crippen LogP) is -0.121. The molecule has 7 nitrogen and oxygen atoms in total. The fourth-order valence-electron chi connectivity index (χ4n) is 1.73. The first-order valence-corrected chi connectivity index (χ1v) is 6.04. The SMILES string of the molecule is COc1ccc2c(c1)[nH+]c(NCCN(C)C)[nH][n+]2=O. The number of rotatable bonds is 5. The van der Waals surface area contributed by atoms with E-state index in [1.165, 1.54) is 0 Å². The Hall–Kier alpha value is -2.15. The Bertz CT molecular complexity index is 623. The van der Waals surface area contributed by atoms with Gasteiger partial charge in [0.15, 0.2) is 5.52 Å². The predicted molar refractivity (Wildman–Crippen MR) is 71.8 cm³/mol. The molecule has 0 atom stereocenters. The molecule has 0 aliphatic heterocycles. The van der Waals surface area contributed by atoms with E-state index in [0.717, 1.165) is 17.6 Å². The van der Waals surface area contributed by atoms with Gasteiger partial charge in [-0.25, -0.2) is 4.98 Å². The van der Waals surface area contributed by atoms with Crippen molar-refractivity contribution in [3.63, 3.8) is 0 Å². The zero-order valence-electron chi connectivity index (χ0n) is 11.4. The molecule has 0 bridgehead atoms. The number of nitrogens with zero attached hydrogens (tertiary/aromatic N) is 2. The third kappa shape index (κ3) is 3.19. The van der Waals surface area contributed by atoms with Crippen LogP contribution in [0.3, 0.4) is 0 Å². The first-order valence-electron chi connectivity index (χ1n) is 6.04. The smallest absolute Gasteiger partial charge is 0.410 e. The van der Waals surface area contributed by atoms with E-state index in [9.17, 15) is 4.91 Å². The number of aromatic nitrogens is 3. The van der Waals surface area contributed by atoms with Gasteiger partial charge in [0.1, 0.15) is 5.75 Å². The van der Waals surface area contributed by atoms with E-state index in [2.05, 4.69) is 20.3 Å². The van der Waals surface area contributed by atoms with Crippen molar-refractivity contribution in [2.45, 2.75) is 0 Å². The lowest BCUT2D eigenvalue weighted by Gasteiger charge is -2.06. The summed E-state index contributed by atoms with van der Waals surface area (Å²) in [5.74, 6) is 1.27. The largest absolute Gasteiger partial charge is 0.497 e. The second-order valence-corrected chi connectivity index (χ2v) is 4.52. The number of fused-ring (bicyclic) bond motifs is 1. The van der Waals surface area contributed by atoms with Gasteiger partial charge in [-0.15, -0.1) is 0 Å². The highest BCUT2D eigenvalue weighted by Gasteiger charge is 2.16. The lowest BCUT2D eigenvalue weighted by Crippen LogP contribution is -2.32. The summed E-state index contributed by atoms with van der Waals surface area (Å²) in [4.78, 5) is 17.0. The molecule has 0 saturated carbocycles. The summed E-state index contributed by atoms with van der Waals surface area (Å²) in [5, 5.41) is 5.83. The summed E-state index contributed by atoms with van der Waals surface area (Å²) in [6.07, 6.45) is 0. The minimum absolute atomic E-state index is 0.527. The average Bonchev–Trinajstić information content (AvgIpc) is 2.37.